The van der Waals surface area contributed by atoms with Gasteiger partial charge in [0.15, 0.2) is 11.6 Å². The zero-order valence-electron chi connectivity index (χ0n) is 9.69. The van der Waals surface area contributed by atoms with Gasteiger partial charge < -0.3 is 15.0 Å². The number of methoxy groups -OCH3 is 1. The number of rotatable bonds is 4. The maximum Gasteiger partial charge on any atom is 0.170 e. The average molecular weight is 234 g/mol. The van der Waals surface area contributed by atoms with Crippen LogP contribution in [0.2, 0.25) is 0 Å². The van der Waals surface area contributed by atoms with E-state index in [0.29, 0.717) is 18.7 Å². The normalized spacial score (nSPS) is 10.5. The van der Waals surface area contributed by atoms with Crippen molar-refractivity contribution in [3.63, 3.8) is 0 Å². The molecule has 0 unspecified atom stereocenters. The Morgan fingerprint density at radius 3 is 2.82 bits per heavy atom. The van der Waals surface area contributed by atoms with E-state index in [2.05, 4.69) is 0 Å². The third-order valence-corrected chi connectivity index (χ3v) is 2.74. The van der Waals surface area contributed by atoms with Crippen LogP contribution in [-0.2, 0) is 13.1 Å². The molecule has 0 amide bonds. The van der Waals surface area contributed by atoms with Crippen LogP contribution in [0.5, 0.6) is 5.75 Å². The summed E-state index contributed by atoms with van der Waals surface area (Å²) >= 11 is 0. The van der Waals surface area contributed by atoms with Crippen LogP contribution in [0, 0.1) is 5.82 Å². The molecular formula is C13H15FN2O. The zero-order valence-corrected chi connectivity index (χ0v) is 9.69. The fourth-order valence-corrected chi connectivity index (χ4v) is 1.81. The summed E-state index contributed by atoms with van der Waals surface area (Å²) in [4.78, 5) is 0. The molecule has 0 fully saturated rings. The highest BCUT2D eigenvalue weighted by molar-refractivity contribution is 5.31. The number of halogens is 1. The summed E-state index contributed by atoms with van der Waals surface area (Å²) in [5.74, 6) is -0.0457. The molecule has 4 heteroatoms. The van der Waals surface area contributed by atoms with Crippen LogP contribution in [0.15, 0.2) is 36.5 Å². The van der Waals surface area contributed by atoms with Crippen molar-refractivity contribution in [1.29, 1.82) is 0 Å². The smallest absolute Gasteiger partial charge is 0.170 e. The molecule has 0 spiro atoms. The first-order valence-electron chi connectivity index (χ1n) is 5.41. The van der Waals surface area contributed by atoms with Crippen molar-refractivity contribution in [2.24, 2.45) is 5.73 Å². The molecule has 90 valence electrons. The lowest BCUT2D eigenvalue weighted by Crippen LogP contribution is -2.08. The van der Waals surface area contributed by atoms with Gasteiger partial charge in [-0.3, -0.25) is 0 Å². The molecule has 0 saturated carbocycles. The summed E-state index contributed by atoms with van der Waals surface area (Å²) in [6.07, 6.45) is 1.89. The Labute approximate surface area is 99.6 Å². The molecule has 0 bridgehead atoms. The van der Waals surface area contributed by atoms with Gasteiger partial charge in [-0.05, 0) is 18.2 Å². The Kier molecular flexibility index (Phi) is 3.44. The first-order chi connectivity index (χ1) is 8.26. The van der Waals surface area contributed by atoms with E-state index in [1.165, 1.54) is 7.11 Å². The van der Waals surface area contributed by atoms with Crippen molar-refractivity contribution in [3.05, 3.63) is 53.6 Å². The van der Waals surface area contributed by atoms with Crippen molar-refractivity contribution in [3.8, 4) is 5.75 Å². The second-order valence-corrected chi connectivity index (χ2v) is 3.76. The van der Waals surface area contributed by atoms with Crippen LogP contribution in [0.25, 0.3) is 0 Å². The molecule has 0 atom stereocenters. The first-order valence-corrected chi connectivity index (χ1v) is 5.41. The zero-order chi connectivity index (χ0) is 12.3. The molecule has 1 aromatic heterocycles. The number of aromatic nitrogens is 1. The fraction of sp³-hybridized carbons (Fsp3) is 0.231. The second-order valence-electron chi connectivity index (χ2n) is 3.76. The highest BCUT2D eigenvalue weighted by atomic mass is 19.1. The minimum absolute atomic E-state index is 0.268. The van der Waals surface area contributed by atoms with Crippen LogP contribution in [0.1, 0.15) is 11.3 Å². The number of benzene rings is 1. The molecule has 0 aliphatic rings. The van der Waals surface area contributed by atoms with Crippen molar-refractivity contribution in [2.75, 3.05) is 7.11 Å². The summed E-state index contributed by atoms with van der Waals surface area (Å²) in [5.41, 5.74) is 7.18. The lowest BCUT2D eigenvalue weighted by atomic mass is 10.2. The summed E-state index contributed by atoms with van der Waals surface area (Å²) in [6, 6.07) is 8.97. The van der Waals surface area contributed by atoms with Gasteiger partial charge in [0.05, 0.1) is 13.7 Å². The Morgan fingerprint density at radius 1 is 1.29 bits per heavy atom. The van der Waals surface area contributed by atoms with Gasteiger partial charge in [0, 0.05) is 24.0 Å². The van der Waals surface area contributed by atoms with Crippen molar-refractivity contribution in [1.82, 2.24) is 4.57 Å². The molecule has 0 radical (unpaired) electrons. The van der Waals surface area contributed by atoms with E-state index in [9.17, 15) is 4.39 Å². The third kappa shape index (κ3) is 2.31. The third-order valence-electron chi connectivity index (χ3n) is 2.74. The first kappa shape index (κ1) is 11.7. The molecule has 0 saturated heterocycles. The maximum absolute atomic E-state index is 13.9. The second kappa shape index (κ2) is 5.01. The minimum atomic E-state index is -0.313. The molecule has 0 aliphatic heterocycles. The highest BCUT2D eigenvalue weighted by Gasteiger charge is 2.09. The molecule has 2 rings (SSSR count). The van der Waals surface area contributed by atoms with Crippen molar-refractivity contribution < 1.29 is 9.13 Å². The topological polar surface area (TPSA) is 40.2 Å². The number of hydrogen-bond donors (Lipinski definition) is 1. The van der Waals surface area contributed by atoms with Crippen LogP contribution in [-0.4, -0.2) is 11.7 Å². The van der Waals surface area contributed by atoms with E-state index in [4.69, 9.17) is 10.5 Å². The summed E-state index contributed by atoms with van der Waals surface area (Å²) < 4.78 is 20.8. The Balaban J connectivity index is 2.30. The van der Waals surface area contributed by atoms with Crippen LogP contribution in [0.3, 0.4) is 0 Å². The molecular weight excluding hydrogens is 219 g/mol. The van der Waals surface area contributed by atoms with Gasteiger partial charge in [-0.25, -0.2) is 4.39 Å². The van der Waals surface area contributed by atoms with Crippen LogP contribution >= 0.6 is 0 Å². The molecule has 2 aromatic rings. The molecule has 3 nitrogen and oxygen atoms in total. The van der Waals surface area contributed by atoms with E-state index in [0.717, 1.165) is 5.69 Å². The lowest BCUT2D eigenvalue weighted by molar-refractivity contribution is 0.383. The summed E-state index contributed by atoms with van der Waals surface area (Å²) in [5, 5.41) is 0. The van der Waals surface area contributed by atoms with Gasteiger partial charge in [-0.1, -0.05) is 12.1 Å². The summed E-state index contributed by atoms with van der Waals surface area (Å²) in [7, 11) is 1.46. The van der Waals surface area contributed by atoms with E-state index in [-0.39, 0.29) is 11.6 Å². The fourth-order valence-electron chi connectivity index (χ4n) is 1.81. The molecule has 0 aliphatic carbocycles. The van der Waals surface area contributed by atoms with Gasteiger partial charge in [0.25, 0.3) is 0 Å². The van der Waals surface area contributed by atoms with Crippen LogP contribution in [0.4, 0.5) is 4.39 Å². The van der Waals surface area contributed by atoms with E-state index in [1.807, 2.05) is 22.9 Å². The van der Waals surface area contributed by atoms with Crippen molar-refractivity contribution in [2.45, 2.75) is 13.1 Å². The molecule has 1 aromatic carbocycles. The Morgan fingerprint density at radius 2 is 2.12 bits per heavy atom. The van der Waals surface area contributed by atoms with Gasteiger partial charge in [-0.2, -0.15) is 0 Å². The highest BCUT2D eigenvalue weighted by Crippen LogP contribution is 2.21. The van der Waals surface area contributed by atoms with E-state index >= 15 is 0 Å². The largest absolute Gasteiger partial charge is 0.494 e. The predicted molar refractivity (Wildman–Crippen MR) is 64.4 cm³/mol. The predicted octanol–water partition coefficient (Wildman–Crippen LogP) is 2.14. The van der Waals surface area contributed by atoms with Crippen molar-refractivity contribution >= 4 is 0 Å². The number of nitrogens with zero attached hydrogens (tertiary/aromatic N) is 1. The number of nitrogens with two attached hydrogens (primary N) is 1. The van der Waals surface area contributed by atoms with Gasteiger partial charge in [0.2, 0.25) is 0 Å². The minimum Gasteiger partial charge on any atom is -0.494 e. The summed E-state index contributed by atoms with van der Waals surface area (Å²) in [6.45, 7) is 0.904. The standard InChI is InChI=1S/C13H15FN2O/c1-17-12-6-2-4-10(13(12)14)9-16-7-3-5-11(16)8-15/h2-7H,8-9,15H2,1H3. The Bertz CT molecular complexity index is 508. The van der Waals surface area contributed by atoms with E-state index in [1.54, 1.807) is 18.2 Å². The average Bonchev–Trinajstić information content (AvgIpc) is 2.79. The SMILES string of the molecule is COc1cccc(Cn2cccc2CN)c1F. The Hall–Kier alpha value is -1.81. The number of ether oxygens (including phenoxy) is 1. The van der Waals surface area contributed by atoms with E-state index < -0.39 is 0 Å². The van der Waals surface area contributed by atoms with Crippen LogP contribution < -0.4 is 10.5 Å². The monoisotopic (exact) mass is 234 g/mol. The van der Waals surface area contributed by atoms with Gasteiger partial charge in [-0.15, -0.1) is 0 Å². The van der Waals surface area contributed by atoms with Gasteiger partial charge in [0.1, 0.15) is 0 Å². The van der Waals surface area contributed by atoms with Gasteiger partial charge >= 0.3 is 0 Å². The number of hydrogen-bond acceptors (Lipinski definition) is 2. The lowest BCUT2D eigenvalue weighted by Gasteiger charge is -2.10. The molecule has 17 heavy (non-hydrogen) atoms. The molecule has 1 heterocycles. The quantitative estimate of drug-likeness (QED) is 0.880. The molecule has 2 N–H and O–H groups in total. The maximum atomic E-state index is 13.9.